The Hall–Kier alpha value is -1.71. The standard InChI is InChI=1S/C18H29N3O4S2/c1-7-21(8-2)27(23,24)13-9-10-15(25-6)14(11-13)19-17(26)20-16(22)12-18(3,4)5/h9-11H,7-8,12H2,1-6H3,(H2,19,20,22,26). The van der Waals surface area contributed by atoms with Crippen LogP contribution >= 0.6 is 12.2 Å². The summed E-state index contributed by atoms with van der Waals surface area (Å²) in [5.74, 6) is 0.201. The van der Waals surface area contributed by atoms with Crippen molar-refractivity contribution < 1.29 is 17.9 Å². The smallest absolute Gasteiger partial charge is 0.243 e. The third-order valence-corrected chi connectivity index (χ3v) is 5.96. The highest BCUT2D eigenvalue weighted by molar-refractivity contribution is 7.89. The highest BCUT2D eigenvalue weighted by Gasteiger charge is 2.23. The lowest BCUT2D eigenvalue weighted by Crippen LogP contribution is -2.36. The van der Waals surface area contributed by atoms with Gasteiger partial charge in [-0.2, -0.15) is 4.31 Å². The third-order valence-electron chi connectivity index (χ3n) is 3.71. The molecule has 2 N–H and O–H groups in total. The molecule has 0 saturated heterocycles. The van der Waals surface area contributed by atoms with E-state index in [1.165, 1.54) is 23.5 Å². The fourth-order valence-electron chi connectivity index (χ4n) is 2.46. The van der Waals surface area contributed by atoms with Crippen LogP contribution in [0.4, 0.5) is 5.69 Å². The minimum absolute atomic E-state index is 0.0833. The summed E-state index contributed by atoms with van der Waals surface area (Å²) in [6, 6.07) is 4.49. The van der Waals surface area contributed by atoms with Crippen LogP contribution in [-0.2, 0) is 14.8 Å². The molecular formula is C18H29N3O4S2. The van der Waals surface area contributed by atoms with E-state index in [0.717, 1.165) is 0 Å². The molecule has 0 unspecified atom stereocenters. The minimum Gasteiger partial charge on any atom is -0.495 e. The summed E-state index contributed by atoms with van der Waals surface area (Å²) < 4.78 is 32.1. The van der Waals surface area contributed by atoms with E-state index in [1.807, 2.05) is 20.8 Å². The van der Waals surface area contributed by atoms with Crippen molar-refractivity contribution >= 4 is 38.9 Å². The summed E-state index contributed by atoms with van der Waals surface area (Å²) in [7, 11) is -2.15. The average Bonchev–Trinajstić information content (AvgIpc) is 2.53. The van der Waals surface area contributed by atoms with Crippen LogP contribution in [0.3, 0.4) is 0 Å². The van der Waals surface area contributed by atoms with Gasteiger partial charge in [0, 0.05) is 19.5 Å². The summed E-state index contributed by atoms with van der Waals surface area (Å²) >= 11 is 5.18. The first-order valence-corrected chi connectivity index (χ1v) is 10.6. The summed E-state index contributed by atoms with van der Waals surface area (Å²) in [4.78, 5) is 12.2. The largest absolute Gasteiger partial charge is 0.495 e. The normalized spacial score (nSPS) is 12.0. The van der Waals surface area contributed by atoms with Gasteiger partial charge in [-0.15, -0.1) is 0 Å². The number of carbonyl (C=O) groups excluding carboxylic acids is 1. The van der Waals surface area contributed by atoms with Gasteiger partial charge in [0.25, 0.3) is 0 Å². The van der Waals surface area contributed by atoms with Crippen molar-refractivity contribution in [2.24, 2.45) is 5.41 Å². The highest BCUT2D eigenvalue weighted by Crippen LogP contribution is 2.29. The van der Waals surface area contributed by atoms with Crippen LogP contribution in [0.1, 0.15) is 41.0 Å². The molecule has 0 fully saturated rings. The summed E-state index contributed by atoms with van der Waals surface area (Å²) in [5, 5.41) is 5.55. The van der Waals surface area contributed by atoms with E-state index in [-0.39, 0.29) is 21.3 Å². The summed E-state index contributed by atoms with van der Waals surface area (Å²) in [5.41, 5.74) is 0.196. The first-order valence-electron chi connectivity index (χ1n) is 8.73. The van der Waals surface area contributed by atoms with Gasteiger partial charge in [-0.05, 0) is 35.8 Å². The molecule has 1 aromatic carbocycles. The van der Waals surface area contributed by atoms with Gasteiger partial charge < -0.3 is 15.4 Å². The lowest BCUT2D eigenvalue weighted by Gasteiger charge is -2.20. The average molecular weight is 416 g/mol. The molecule has 0 aromatic heterocycles. The van der Waals surface area contributed by atoms with Crippen molar-refractivity contribution in [1.29, 1.82) is 0 Å². The van der Waals surface area contributed by atoms with Crippen LogP contribution in [-0.4, -0.2) is 43.9 Å². The molecule has 1 rings (SSSR count). The zero-order valence-corrected chi connectivity index (χ0v) is 18.4. The first-order chi connectivity index (χ1) is 12.4. The third kappa shape index (κ3) is 6.75. The maximum absolute atomic E-state index is 12.7. The zero-order chi connectivity index (χ0) is 20.8. The van der Waals surface area contributed by atoms with E-state index in [1.54, 1.807) is 19.9 Å². The van der Waals surface area contributed by atoms with Crippen LogP contribution < -0.4 is 15.4 Å². The number of hydrogen-bond acceptors (Lipinski definition) is 5. The number of carbonyl (C=O) groups is 1. The molecule has 1 amide bonds. The van der Waals surface area contributed by atoms with E-state index in [2.05, 4.69) is 10.6 Å². The monoisotopic (exact) mass is 415 g/mol. The number of methoxy groups -OCH3 is 1. The highest BCUT2D eigenvalue weighted by atomic mass is 32.2. The molecule has 152 valence electrons. The van der Waals surface area contributed by atoms with Gasteiger partial charge in [0.1, 0.15) is 5.75 Å². The number of ether oxygens (including phenoxy) is 1. The van der Waals surface area contributed by atoms with Crippen LogP contribution in [0.5, 0.6) is 5.75 Å². The summed E-state index contributed by atoms with van der Waals surface area (Å²) in [6.45, 7) is 10.2. The Morgan fingerprint density at radius 2 is 1.81 bits per heavy atom. The second-order valence-electron chi connectivity index (χ2n) is 7.19. The molecular weight excluding hydrogens is 386 g/mol. The minimum atomic E-state index is -3.62. The van der Waals surface area contributed by atoms with Gasteiger partial charge >= 0.3 is 0 Å². The van der Waals surface area contributed by atoms with E-state index in [4.69, 9.17) is 17.0 Å². The molecule has 0 heterocycles. The zero-order valence-electron chi connectivity index (χ0n) is 16.8. The predicted octanol–water partition coefficient (Wildman–Crippen LogP) is 2.97. The topological polar surface area (TPSA) is 87.7 Å². The quantitative estimate of drug-likeness (QED) is 0.666. The van der Waals surface area contributed by atoms with Gasteiger partial charge in [0.2, 0.25) is 15.9 Å². The lowest BCUT2D eigenvalue weighted by molar-refractivity contribution is -0.121. The summed E-state index contributed by atoms with van der Waals surface area (Å²) in [6.07, 6.45) is 0.308. The number of nitrogens with zero attached hydrogens (tertiary/aromatic N) is 1. The van der Waals surface area contributed by atoms with Gasteiger partial charge in [-0.25, -0.2) is 8.42 Å². The number of sulfonamides is 1. The van der Waals surface area contributed by atoms with E-state index in [0.29, 0.717) is 30.9 Å². The van der Waals surface area contributed by atoms with E-state index in [9.17, 15) is 13.2 Å². The molecule has 0 atom stereocenters. The molecule has 27 heavy (non-hydrogen) atoms. The van der Waals surface area contributed by atoms with Crippen molar-refractivity contribution in [1.82, 2.24) is 9.62 Å². The van der Waals surface area contributed by atoms with Crippen molar-refractivity contribution in [2.75, 3.05) is 25.5 Å². The van der Waals surface area contributed by atoms with Crippen LogP contribution in [0.15, 0.2) is 23.1 Å². The van der Waals surface area contributed by atoms with Crippen molar-refractivity contribution in [3.8, 4) is 5.75 Å². The second kappa shape index (κ2) is 9.48. The Labute approximate surface area is 167 Å². The lowest BCUT2D eigenvalue weighted by atomic mass is 9.92. The van der Waals surface area contributed by atoms with Gasteiger partial charge in [0.05, 0.1) is 17.7 Å². The number of nitrogens with one attached hydrogen (secondary N) is 2. The fourth-order valence-corrected chi connectivity index (χ4v) is 4.17. The molecule has 0 saturated carbocycles. The molecule has 0 radical (unpaired) electrons. The van der Waals surface area contributed by atoms with E-state index < -0.39 is 10.0 Å². The van der Waals surface area contributed by atoms with Crippen LogP contribution in [0.2, 0.25) is 0 Å². The first kappa shape index (κ1) is 23.3. The Morgan fingerprint density at radius 3 is 2.30 bits per heavy atom. The predicted molar refractivity (Wildman–Crippen MR) is 112 cm³/mol. The van der Waals surface area contributed by atoms with Crippen LogP contribution in [0.25, 0.3) is 0 Å². The number of thiocarbonyl (C=S) groups is 1. The second-order valence-corrected chi connectivity index (χ2v) is 9.54. The molecule has 1 aromatic rings. The van der Waals surface area contributed by atoms with Crippen molar-refractivity contribution in [3.63, 3.8) is 0 Å². The number of amides is 1. The SMILES string of the molecule is CCN(CC)S(=O)(=O)c1ccc(OC)c(NC(=S)NC(=O)CC(C)(C)C)c1. The molecule has 0 aliphatic rings. The Kier molecular flexibility index (Phi) is 8.19. The Balaban J connectivity index is 3.07. The van der Waals surface area contributed by atoms with Gasteiger partial charge in [-0.3, -0.25) is 4.79 Å². The Bertz CT molecular complexity index is 782. The molecule has 0 aliphatic carbocycles. The molecule has 0 aliphatic heterocycles. The number of anilines is 1. The van der Waals surface area contributed by atoms with Crippen LogP contribution in [0, 0.1) is 5.41 Å². The van der Waals surface area contributed by atoms with E-state index >= 15 is 0 Å². The van der Waals surface area contributed by atoms with Crippen molar-refractivity contribution in [2.45, 2.75) is 45.9 Å². The van der Waals surface area contributed by atoms with Crippen molar-refractivity contribution in [3.05, 3.63) is 18.2 Å². The molecule has 0 spiro atoms. The number of hydrogen-bond donors (Lipinski definition) is 2. The molecule has 7 nitrogen and oxygen atoms in total. The van der Waals surface area contributed by atoms with Gasteiger partial charge in [0.15, 0.2) is 5.11 Å². The molecule has 9 heteroatoms. The van der Waals surface area contributed by atoms with Gasteiger partial charge in [-0.1, -0.05) is 34.6 Å². The maximum Gasteiger partial charge on any atom is 0.243 e. The fraction of sp³-hybridized carbons (Fsp3) is 0.556. The number of rotatable bonds is 7. The Morgan fingerprint density at radius 1 is 1.22 bits per heavy atom. The maximum atomic E-state index is 12.7. The number of benzene rings is 1. The molecule has 0 bridgehead atoms.